The van der Waals surface area contributed by atoms with E-state index in [0.29, 0.717) is 12.1 Å². The number of methoxy groups -OCH3 is 1. The van der Waals surface area contributed by atoms with Crippen LogP contribution in [0.4, 0.5) is 18.9 Å². The molecule has 1 heterocycles. The van der Waals surface area contributed by atoms with Crippen LogP contribution in [-0.4, -0.2) is 25.5 Å². The molecule has 1 aromatic carbocycles. The standard InChI is InChI=1S/C12H10F3N3O3S/c1-21-11-16-6-9(7-17-11)18-22(19,20)10-4-2-8(3-5-10)12(13,14)15/h2-7,18H,1H3. The van der Waals surface area contributed by atoms with Gasteiger partial charge in [-0.25, -0.2) is 18.4 Å². The van der Waals surface area contributed by atoms with E-state index >= 15 is 0 Å². The molecule has 0 atom stereocenters. The summed E-state index contributed by atoms with van der Waals surface area (Å²) in [6, 6.07) is 3.18. The van der Waals surface area contributed by atoms with Gasteiger partial charge in [0.05, 0.1) is 35.6 Å². The van der Waals surface area contributed by atoms with Crippen molar-refractivity contribution in [1.82, 2.24) is 9.97 Å². The van der Waals surface area contributed by atoms with E-state index in [2.05, 4.69) is 14.7 Å². The zero-order valence-electron chi connectivity index (χ0n) is 11.1. The number of sulfonamides is 1. The Bertz CT molecular complexity index is 744. The minimum absolute atomic E-state index is 0.0532. The van der Waals surface area contributed by atoms with Crippen LogP contribution in [-0.2, 0) is 16.2 Å². The summed E-state index contributed by atoms with van der Waals surface area (Å²) in [6.07, 6.45) is -2.18. The van der Waals surface area contributed by atoms with Gasteiger partial charge in [-0.1, -0.05) is 0 Å². The molecule has 0 saturated carbocycles. The molecule has 6 nitrogen and oxygen atoms in total. The normalized spacial score (nSPS) is 12.0. The van der Waals surface area contributed by atoms with Gasteiger partial charge in [0.25, 0.3) is 10.0 Å². The third-order valence-electron chi connectivity index (χ3n) is 2.55. The molecule has 2 rings (SSSR count). The lowest BCUT2D eigenvalue weighted by atomic mass is 10.2. The number of nitrogens with one attached hydrogen (secondary N) is 1. The number of aromatic nitrogens is 2. The molecule has 0 unspecified atom stereocenters. The van der Waals surface area contributed by atoms with Crippen LogP contribution < -0.4 is 9.46 Å². The highest BCUT2D eigenvalue weighted by Crippen LogP contribution is 2.29. The Morgan fingerprint density at radius 3 is 2.09 bits per heavy atom. The van der Waals surface area contributed by atoms with Gasteiger partial charge < -0.3 is 4.74 Å². The summed E-state index contributed by atoms with van der Waals surface area (Å²) in [5, 5.41) is 0. The third-order valence-corrected chi connectivity index (χ3v) is 3.95. The van der Waals surface area contributed by atoms with Gasteiger partial charge in [0.1, 0.15) is 0 Å². The van der Waals surface area contributed by atoms with Crippen molar-refractivity contribution in [2.45, 2.75) is 11.1 Å². The van der Waals surface area contributed by atoms with E-state index in [-0.39, 0.29) is 16.6 Å². The highest BCUT2D eigenvalue weighted by atomic mass is 32.2. The molecular weight excluding hydrogens is 323 g/mol. The third kappa shape index (κ3) is 3.64. The van der Waals surface area contributed by atoms with Crippen molar-refractivity contribution in [2.24, 2.45) is 0 Å². The average molecular weight is 333 g/mol. The Hall–Kier alpha value is -2.36. The first-order valence-electron chi connectivity index (χ1n) is 5.78. The molecule has 22 heavy (non-hydrogen) atoms. The maximum Gasteiger partial charge on any atom is 0.416 e. The Kier molecular flexibility index (Phi) is 4.22. The van der Waals surface area contributed by atoms with Crippen LogP contribution in [0.2, 0.25) is 0 Å². The quantitative estimate of drug-likeness (QED) is 0.928. The van der Waals surface area contributed by atoms with Gasteiger partial charge in [-0.2, -0.15) is 13.2 Å². The highest BCUT2D eigenvalue weighted by molar-refractivity contribution is 7.92. The summed E-state index contributed by atoms with van der Waals surface area (Å²) in [5.41, 5.74) is -0.875. The van der Waals surface area contributed by atoms with Gasteiger partial charge >= 0.3 is 12.2 Å². The minimum atomic E-state index is -4.53. The summed E-state index contributed by atoms with van der Waals surface area (Å²) >= 11 is 0. The Balaban J connectivity index is 2.22. The molecule has 0 spiro atoms. The fourth-order valence-corrected chi connectivity index (χ4v) is 2.54. The van der Waals surface area contributed by atoms with E-state index < -0.39 is 21.8 Å². The average Bonchev–Trinajstić information content (AvgIpc) is 2.47. The first-order chi connectivity index (χ1) is 10.2. The first kappa shape index (κ1) is 16.0. The zero-order valence-corrected chi connectivity index (χ0v) is 11.9. The number of anilines is 1. The van der Waals surface area contributed by atoms with Crippen molar-refractivity contribution < 1.29 is 26.3 Å². The molecule has 0 amide bonds. The van der Waals surface area contributed by atoms with Gasteiger partial charge in [0, 0.05) is 0 Å². The molecule has 1 N–H and O–H groups in total. The second kappa shape index (κ2) is 5.79. The van der Waals surface area contributed by atoms with E-state index in [1.807, 2.05) is 0 Å². The molecule has 0 aliphatic carbocycles. The second-order valence-corrected chi connectivity index (χ2v) is 5.77. The molecule has 118 valence electrons. The molecular formula is C12H10F3N3O3S. The summed E-state index contributed by atoms with van der Waals surface area (Å²) in [6.45, 7) is 0. The summed E-state index contributed by atoms with van der Waals surface area (Å²) in [5.74, 6) is 0. The second-order valence-electron chi connectivity index (χ2n) is 4.09. The van der Waals surface area contributed by atoms with E-state index in [4.69, 9.17) is 4.74 Å². The number of hydrogen-bond acceptors (Lipinski definition) is 5. The SMILES string of the molecule is COc1ncc(NS(=O)(=O)c2ccc(C(F)(F)F)cc2)cn1. The van der Waals surface area contributed by atoms with E-state index in [1.54, 1.807) is 0 Å². The zero-order chi connectivity index (χ0) is 16.4. The minimum Gasteiger partial charge on any atom is -0.467 e. The lowest BCUT2D eigenvalue weighted by molar-refractivity contribution is -0.137. The van der Waals surface area contributed by atoms with Gasteiger partial charge in [-0.3, -0.25) is 4.72 Å². The number of hydrogen-bond donors (Lipinski definition) is 1. The van der Waals surface area contributed by atoms with Gasteiger partial charge in [-0.15, -0.1) is 0 Å². The van der Waals surface area contributed by atoms with Crippen LogP contribution >= 0.6 is 0 Å². The predicted molar refractivity (Wildman–Crippen MR) is 70.8 cm³/mol. The van der Waals surface area contributed by atoms with E-state index in [1.165, 1.54) is 19.5 Å². The van der Waals surface area contributed by atoms with Gasteiger partial charge in [0.2, 0.25) is 0 Å². The van der Waals surface area contributed by atoms with Crippen molar-refractivity contribution in [3.63, 3.8) is 0 Å². The molecule has 2 aromatic rings. The number of rotatable bonds is 4. The number of ether oxygens (including phenoxy) is 1. The van der Waals surface area contributed by atoms with Crippen LogP contribution in [0.15, 0.2) is 41.6 Å². The molecule has 0 fully saturated rings. The van der Waals surface area contributed by atoms with Crippen LogP contribution in [0.5, 0.6) is 6.01 Å². The maximum atomic E-state index is 12.4. The fraction of sp³-hybridized carbons (Fsp3) is 0.167. The molecule has 0 radical (unpaired) electrons. The summed E-state index contributed by atoms with van der Waals surface area (Å²) < 4.78 is 68.3. The summed E-state index contributed by atoms with van der Waals surface area (Å²) in [7, 11) is -2.68. The van der Waals surface area contributed by atoms with Gasteiger partial charge in [-0.05, 0) is 24.3 Å². The largest absolute Gasteiger partial charge is 0.467 e. The molecule has 0 bridgehead atoms. The highest BCUT2D eigenvalue weighted by Gasteiger charge is 2.30. The molecule has 0 saturated heterocycles. The molecule has 0 aliphatic heterocycles. The summed E-state index contributed by atoms with van der Waals surface area (Å²) in [4.78, 5) is 7.12. The number of benzene rings is 1. The van der Waals surface area contributed by atoms with Crippen molar-refractivity contribution in [3.8, 4) is 6.01 Å². The smallest absolute Gasteiger partial charge is 0.416 e. The maximum absolute atomic E-state index is 12.4. The molecule has 1 aromatic heterocycles. The Morgan fingerprint density at radius 1 is 1.09 bits per heavy atom. The lowest BCUT2D eigenvalue weighted by Gasteiger charge is -2.10. The van der Waals surface area contributed by atoms with Crippen LogP contribution in [0.1, 0.15) is 5.56 Å². The Labute approximate surface area is 124 Å². The van der Waals surface area contributed by atoms with Crippen LogP contribution in [0, 0.1) is 0 Å². The lowest BCUT2D eigenvalue weighted by Crippen LogP contribution is -2.14. The van der Waals surface area contributed by atoms with Gasteiger partial charge in [0.15, 0.2) is 0 Å². The number of alkyl halides is 3. The topological polar surface area (TPSA) is 81.2 Å². The van der Waals surface area contributed by atoms with Crippen molar-refractivity contribution in [3.05, 3.63) is 42.2 Å². The first-order valence-corrected chi connectivity index (χ1v) is 7.27. The fourth-order valence-electron chi connectivity index (χ4n) is 1.51. The van der Waals surface area contributed by atoms with Crippen molar-refractivity contribution in [2.75, 3.05) is 11.8 Å². The van der Waals surface area contributed by atoms with Crippen molar-refractivity contribution >= 4 is 15.7 Å². The van der Waals surface area contributed by atoms with E-state index in [9.17, 15) is 21.6 Å². The van der Waals surface area contributed by atoms with E-state index in [0.717, 1.165) is 12.1 Å². The molecule has 10 heteroatoms. The number of nitrogens with zero attached hydrogens (tertiary/aromatic N) is 2. The monoisotopic (exact) mass is 333 g/mol. The van der Waals surface area contributed by atoms with Crippen molar-refractivity contribution in [1.29, 1.82) is 0 Å². The van der Waals surface area contributed by atoms with Crippen LogP contribution in [0.3, 0.4) is 0 Å². The van der Waals surface area contributed by atoms with Crippen LogP contribution in [0.25, 0.3) is 0 Å². The Morgan fingerprint density at radius 2 is 1.64 bits per heavy atom. The number of halogens is 3. The molecule has 0 aliphatic rings. The predicted octanol–water partition coefficient (Wildman–Crippen LogP) is 2.30.